The van der Waals surface area contributed by atoms with Gasteiger partial charge in [-0.3, -0.25) is 0 Å². The van der Waals surface area contributed by atoms with Crippen LogP contribution >= 0.6 is 0 Å². The van der Waals surface area contributed by atoms with Gasteiger partial charge in [-0.2, -0.15) is 0 Å². The van der Waals surface area contributed by atoms with E-state index in [1.165, 1.54) is 59.1 Å². The molecule has 0 radical (unpaired) electrons. The van der Waals surface area contributed by atoms with Gasteiger partial charge in [0.05, 0.1) is 38.6 Å². The van der Waals surface area contributed by atoms with Crippen LogP contribution in [0.25, 0.3) is 23.3 Å². The van der Waals surface area contributed by atoms with Crippen molar-refractivity contribution in [3.63, 3.8) is 0 Å². The Morgan fingerprint density at radius 3 is 1.48 bits per heavy atom. The summed E-state index contributed by atoms with van der Waals surface area (Å²) in [7, 11) is 0. The highest BCUT2D eigenvalue weighted by molar-refractivity contribution is 5.81. The third-order valence-electron chi connectivity index (χ3n) is 10.1. The average molecular weight is 601 g/mol. The van der Waals surface area contributed by atoms with Crippen molar-refractivity contribution in [1.82, 2.24) is 0 Å². The van der Waals surface area contributed by atoms with Crippen molar-refractivity contribution in [2.75, 3.05) is 40.0 Å². The van der Waals surface area contributed by atoms with E-state index in [4.69, 9.17) is 28.4 Å². The van der Waals surface area contributed by atoms with E-state index in [9.17, 15) is 0 Å². The van der Waals surface area contributed by atoms with Crippen LogP contribution in [-0.4, -0.2) is 64.4 Å². The zero-order valence-electron chi connectivity index (χ0n) is 26.2. The van der Waals surface area contributed by atoms with Crippen LogP contribution in [0.4, 0.5) is 0 Å². The Bertz CT molecular complexity index is 1190. The topological polar surface area (TPSA) is 62.0 Å². The van der Waals surface area contributed by atoms with Crippen LogP contribution in [0, 0.1) is 11.8 Å². The van der Waals surface area contributed by atoms with Gasteiger partial charge in [-0.25, -0.2) is 0 Å². The summed E-state index contributed by atoms with van der Waals surface area (Å²) < 4.78 is 33.3. The van der Waals surface area contributed by atoms with Crippen molar-refractivity contribution >= 4 is 12.2 Å². The smallest absolute Gasteiger partial charge is 0.147 e. The molecule has 2 aromatic carbocycles. The number of allylic oxidation sites excluding steroid dienone is 2. The normalized spacial score (nSPS) is 31.0. The molecule has 44 heavy (non-hydrogen) atoms. The van der Waals surface area contributed by atoms with E-state index in [0.717, 1.165) is 38.9 Å². The SMILES string of the molecule is CC1c2cc(C=CC3CCC(OCOCC4CO4)CC3)ccc2-c2ccc(C=CC3CCC(OCOCC4CO4)CC3)cc21. The van der Waals surface area contributed by atoms with Crippen LogP contribution in [0.15, 0.2) is 48.6 Å². The molecule has 4 fully saturated rings. The third kappa shape index (κ3) is 8.09. The summed E-state index contributed by atoms with van der Waals surface area (Å²) in [5.74, 6) is 1.65. The van der Waals surface area contributed by atoms with Crippen LogP contribution in [-0.2, 0) is 28.4 Å². The second kappa shape index (κ2) is 14.4. The fourth-order valence-corrected chi connectivity index (χ4v) is 7.11. The molecule has 236 valence electrons. The van der Waals surface area contributed by atoms with Gasteiger partial charge in [-0.05, 0) is 96.6 Å². The summed E-state index contributed by atoms with van der Waals surface area (Å²) in [5.41, 5.74) is 8.29. The van der Waals surface area contributed by atoms with Gasteiger partial charge in [0, 0.05) is 5.92 Å². The van der Waals surface area contributed by atoms with Gasteiger partial charge in [0.1, 0.15) is 25.8 Å². The first-order chi connectivity index (χ1) is 21.7. The molecular formula is C38H48O6. The summed E-state index contributed by atoms with van der Waals surface area (Å²) in [6.45, 7) is 6.13. The summed E-state index contributed by atoms with van der Waals surface area (Å²) in [4.78, 5) is 0. The molecule has 3 aliphatic carbocycles. The van der Waals surface area contributed by atoms with E-state index >= 15 is 0 Å². The predicted molar refractivity (Wildman–Crippen MR) is 172 cm³/mol. The molecule has 0 aromatic heterocycles. The van der Waals surface area contributed by atoms with Crippen LogP contribution in [0.2, 0.25) is 0 Å². The molecule has 0 spiro atoms. The minimum absolute atomic E-state index is 0.302. The van der Waals surface area contributed by atoms with Crippen molar-refractivity contribution in [2.45, 2.75) is 88.6 Å². The maximum atomic E-state index is 5.93. The number of epoxide rings is 2. The molecule has 2 unspecified atom stereocenters. The summed E-state index contributed by atoms with van der Waals surface area (Å²) in [5, 5.41) is 0. The van der Waals surface area contributed by atoms with E-state index in [0.29, 0.717) is 69.0 Å². The first kappa shape index (κ1) is 30.3. The Kier molecular flexibility index (Phi) is 9.93. The zero-order chi connectivity index (χ0) is 29.7. The number of hydrogen-bond donors (Lipinski definition) is 0. The maximum absolute atomic E-state index is 5.93. The predicted octanol–water partition coefficient (Wildman–Crippen LogP) is 7.74. The number of rotatable bonds is 14. The lowest BCUT2D eigenvalue weighted by molar-refractivity contribution is -0.103. The first-order valence-corrected chi connectivity index (χ1v) is 16.9. The standard InChI is InChI=1S/C38H48O6/c1-26-37-18-29(4-2-27-6-12-31(13-7-27)43-24-39-20-33-22-41-33)10-16-35(37)36-17-11-30(19-38(26)36)5-3-28-8-14-32(15-9-28)44-25-40-21-34-23-42-34/h2-5,10-11,16-19,26-28,31-34H,6-9,12-15,20-25H2,1H3. The molecule has 2 aliphatic heterocycles. The molecular weight excluding hydrogens is 552 g/mol. The summed E-state index contributed by atoms with van der Waals surface area (Å²) in [6.07, 6.45) is 19.9. The lowest BCUT2D eigenvalue weighted by Gasteiger charge is -2.26. The first-order valence-electron chi connectivity index (χ1n) is 16.9. The van der Waals surface area contributed by atoms with E-state index in [2.05, 4.69) is 67.6 Å². The lowest BCUT2D eigenvalue weighted by atomic mass is 9.86. The number of ether oxygens (including phenoxy) is 6. The van der Waals surface area contributed by atoms with Gasteiger partial charge in [0.15, 0.2) is 0 Å². The molecule has 2 heterocycles. The van der Waals surface area contributed by atoms with Crippen LogP contribution in [0.1, 0.15) is 86.5 Å². The molecule has 7 rings (SSSR count). The highest BCUT2D eigenvalue weighted by Gasteiger charge is 2.27. The fraction of sp³-hybridized carbons (Fsp3) is 0.579. The maximum Gasteiger partial charge on any atom is 0.147 e. The molecule has 0 amide bonds. The lowest BCUT2D eigenvalue weighted by Crippen LogP contribution is -2.22. The minimum Gasteiger partial charge on any atom is -0.371 e. The van der Waals surface area contributed by atoms with Gasteiger partial charge in [0.2, 0.25) is 0 Å². The summed E-state index contributed by atoms with van der Waals surface area (Å²) >= 11 is 0. The average Bonchev–Trinajstić information content (AvgIpc) is 4.01. The molecule has 0 N–H and O–H groups in total. The number of fused-ring (bicyclic) bond motifs is 3. The van der Waals surface area contributed by atoms with Crippen molar-refractivity contribution < 1.29 is 28.4 Å². The summed E-state index contributed by atoms with van der Waals surface area (Å²) in [6, 6.07) is 14.0. The molecule has 6 heteroatoms. The van der Waals surface area contributed by atoms with Crippen LogP contribution < -0.4 is 0 Å². The van der Waals surface area contributed by atoms with E-state index in [1.807, 2.05) is 0 Å². The second-order valence-electron chi connectivity index (χ2n) is 13.4. The zero-order valence-corrected chi connectivity index (χ0v) is 26.2. The van der Waals surface area contributed by atoms with Crippen molar-refractivity contribution in [3.8, 4) is 11.1 Å². The Morgan fingerprint density at radius 1 is 0.636 bits per heavy atom. The quantitative estimate of drug-likeness (QED) is 0.126. The van der Waals surface area contributed by atoms with Crippen LogP contribution in [0.3, 0.4) is 0 Å². The molecule has 2 saturated carbocycles. The van der Waals surface area contributed by atoms with Gasteiger partial charge < -0.3 is 28.4 Å². The highest BCUT2D eigenvalue weighted by Crippen LogP contribution is 2.45. The third-order valence-corrected chi connectivity index (χ3v) is 10.1. The monoisotopic (exact) mass is 600 g/mol. The van der Waals surface area contributed by atoms with Gasteiger partial charge >= 0.3 is 0 Å². The van der Waals surface area contributed by atoms with Gasteiger partial charge in [0.25, 0.3) is 0 Å². The molecule has 2 aromatic rings. The molecule has 2 atom stereocenters. The van der Waals surface area contributed by atoms with Gasteiger partial charge in [-0.1, -0.05) is 67.6 Å². The Labute approximate surface area is 262 Å². The van der Waals surface area contributed by atoms with Crippen molar-refractivity contribution in [2.24, 2.45) is 11.8 Å². The van der Waals surface area contributed by atoms with Crippen molar-refractivity contribution in [1.29, 1.82) is 0 Å². The van der Waals surface area contributed by atoms with Gasteiger partial charge in [-0.15, -0.1) is 0 Å². The van der Waals surface area contributed by atoms with E-state index < -0.39 is 0 Å². The minimum atomic E-state index is 0.302. The number of benzene rings is 2. The van der Waals surface area contributed by atoms with Crippen molar-refractivity contribution in [3.05, 3.63) is 70.8 Å². The second-order valence-corrected chi connectivity index (χ2v) is 13.4. The Morgan fingerprint density at radius 2 is 1.07 bits per heavy atom. The Balaban J connectivity index is 0.874. The molecule has 6 nitrogen and oxygen atoms in total. The molecule has 5 aliphatic rings. The van der Waals surface area contributed by atoms with E-state index in [-0.39, 0.29) is 0 Å². The number of hydrogen-bond acceptors (Lipinski definition) is 6. The fourth-order valence-electron chi connectivity index (χ4n) is 7.11. The largest absolute Gasteiger partial charge is 0.371 e. The Hall–Kier alpha value is -2.32. The van der Waals surface area contributed by atoms with Crippen LogP contribution in [0.5, 0.6) is 0 Å². The highest BCUT2D eigenvalue weighted by atomic mass is 16.7. The molecule has 0 bridgehead atoms. The molecule has 2 saturated heterocycles. The van der Waals surface area contributed by atoms with E-state index in [1.54, 1.807) is 0 Å².